The predicted molar refractivity (Wildman–Crippen MR) is 118 cm³/mol. The van der Waals surface area contributed by atoms with E-state index in [0.717, 1.165) is 6.42 Å². The standard InChI is InChI=1S/C25H30FNO6/c1-5-9-32-10-11-33-25(30)20-15(3)27-18-12-14(2)19(24(29)31-4)23(28)22(18)21(20)16-7-6-8-17(26)13-16/h6-8,13-14,19,21,27H,5,9-12H2,1-4H3/t14-,19-,21-/m1/s1. The first-order valence-electron chi connectivity index (χ1n) is 11.1. The number of esters is 2. The molecule has 1 aliphatic heterocycles. The Labute approximate surface area is 193 Å². The molecule has 3 atom stereocenters. The minimum absolute atomic E-state index is 0.0488. The van der Waals surface area contributed by atoms with Crippen molar-refractivity contribution in [2.45, 2.75) is 39.5 Å². The average Bonchev–Trinajstić information content (AvgIpc) is 2.77. The van der Waals surface area contributed by atoms with Gasteiger partial charge in [-0.1, -0.05) is 26.0 Å². The first kappa shape index (κ1) is 24.6. The number of nitrogens with one attached hydrogen (secondary N) is 1. The molecule has 0 aromatic heterocycles. The number of carbonyl (C=O) groups excluding carboxylic acids is 3. The van der Waals surface area contributed by atoms with Crippen molar-refractivity contribution in [3.63, 3.8) is 0 Å². The van der Waals surface area contributed by atoms with E-state index in [2.05, 4.69) is 5.32 Å². The number of carbonyl (C=O) groups is 3. The Morgan fingerprint density at radius 1 is 1.21 bits per heavy atom. The van der Waals surface area contributed by atoms with Gasteiger partial charge in [0.05, 0.1) is 19.3 Å². The molecular weight excluding hydrogens is 429 g/mol. The number of ether oxygens (including phenoxy) is 3. The van der Waals surface area contributed by atoms with Crippen molar-refractivity contribution in [3.05, 3.63) is 58.2 Å². The Morgan fingerprint density at radius 2 is 1.97 bits per heavy atom. The molecule has 0 saturated carbocycles. The van der Waals surface area contributed by atoms with Gasteiger partial charge in [0, 0.05) is 29.5 Å². The summed E-state index contributed by atoms with van der Waals surface area (Å²) in [5, 5.41) is 3.17. The van der Waals surface area contributed by atoms with E-state index in [1.165, 1.54) is 25.3 Å². The summed E-state index contributed by atoms with van der Waals surface area (Å²) in [7, 11) is 1.24. The van der Waals surface area contributed by atoms with Crippen molar-refractivity contribution >= 4 is 17.7 Å². The number of halogens is 1. The van der Waals surface area contributed by atoms with E-state index in [4.69, 9.17) is 14.2 Å². The summed E-state index contributed by atoms with van der Waals surface area (Å²) < 4.78 is 29.8. The van der Waals surface area contributed by atoms with Crippen LogP contribution in [0.5, 0.6) is 0 Å². The number of rotatable bonds is 8. The number of Topliss-reactive ketones (excluding diaryl/α,β-unsaturated/α-hetero) is 1. The van der Waals surface area contributed by atoms with Gasteiger partial charge in [0.25, 0.3) is 0 Å². The Morgan fingerprint density at radius 3 is 2.64 bits per heavy atom. The fourth-order valence-corrected chi connectivity index (χ4v) is 4.49. The Hall–Kier alpha value is -3.00. The molecule has 178 valence electrons. The number of hydrogen-bond acceptors (Lipinski definition) is 7. The molecule has 0 saturated heterocycles. The topological polar surface area (TPSA) is 90.9 Å². The van der Waals surface area contributed by atoms with E-state index < -0.39 is 35.4 Å². The molecule has 0 radical (unpaired) electrons. The molecule has 0 fully saturated rings. The van der Waals surface area contributed by atoms with Crippen LogP contribution in [-0.4, -0.2) is 44.7 Å². The van der Waals surface area contributed by atoms with Crippen molar-refractivity contribution < 1.29 is 33.0 Å². The highest BCUT2D eigenvalue weighted by Gasteiger charge is 2.47. The molecule has 1 N–H and O–H groups in total. The van der Waals surface area contributed by atoms with Crippen LogP contribution in [-0.2, 0) is 28.6 Å². The fraction of sp³-hybridized carbons (Fsp3) is 0.480. The van der Waals surface area contributed by atoms with E-state index in [0.29, 0.717) is 30.0 Å². The van der Waals surface area contributed by atoms with Crippen molar-refractivity contribution in [2.24, 2.45) is 11.8 Å². The normalized spacial score (nSPS) is 22.6. The molecule has 8 heteroatoms. The minimum atomic E-state index is -0.996. The lowest BCUT2D eigenvalue weighted by Crippen LogP contribution is -2.43. The van der Waals surface area contributed by atoms with Crippen LogP contribution in [0.2, 0.25) is 0 Å². The summed E-state index contributed by atoms with van der Waals surface area (Å²) in [6.07, 6.45) is 1.26. The van der Waals surface area contributed by atoms with Gasteiger partial charge in [0.2, 0.25) is 0 Å². The zero-order valence-electron chi connectivity index (χ0n) is 19.4. The Balaban J connectivity index is 2.02. The van der Waals surface area contributed by atoms with Gasteiger partial charge in [-0.2, -0.15) is 0 Å². The molecule has 7 nitrogen and oxygen atoms in total. The summed E-state index contributed by atoms with van der Waals surface area (Å²) in [5.41, 5.74) is 2.07. The van der Waals surface area contributed by atoms with Crippen LogP contribution < -0.4 is 5.32 Å². The van der Waals surface area contributed by atoms with Gasteiger partial charge in [-0.15, -0.1) is 0 Å². The maximum Gasteiger partial charge on any atom is 0.336 e. The van der Waals surface area contributed by atoms with E-state index >= 15 is 0 Å². The average molecular weight is 460 g/mol. The van der Waals surface area contributed by atoms with Crippen molar-refractivity contribution in [3.8, 4) is 0 Å². The molecule has 0 unspecified atom stereocenters. The van der Waals surface area contributed by atoms with Gasteiger partial charge in [-0.3, -0.25) is 9.59 Å². The van der Waals surface area contributed by atoms with Gasteiger partial charge in [0.1, 0.15) is 18.3 Å². The van der Waals surface area contributed by atoms with Gasteiger partial charge < -0.3 is 19.5 Å². The second-order valence-corrected chi connectivity index (χ2v) is 8.34. The van der Waals surface area contributed by atoms with Crippen molar-refractivity contribution in [1.82, 2.24) is 5.32 Å². The highest BCUT2D eigenvalue weighted by atomic mass is 19.1. The largest absolute Gasteiger partial charge is 0.468 e. The summed E-state index contributed by atoms with van der Waals surface area (Å²) in [6, 6.07) is 5.77. The molecule has 0 spiro atoms. The predicted octanol–water partition coefficient (Wildman–Crippen LogP) is 3.41. The van der Waals surface area contributed by atoms with Crippen LogP contribution >= 0.6 is 0 Å². The minimum Gasteiger partial charge on any atom is -0.468 e. The van der Waals surface area contributed by atoms with Crippen LogP contribution in [0.4, 0.5) is 4.39 Å². The lowest BCUT2D eigenvalue weighted by Gasteiger charge is -2.38. The second kappa shape index (κ2) is 10.7. The van der Waals surface area contributed by atoms with Crippen LogP contribution in [0.15, 0.2) is 46.8 Å². The van der Waals surface area contributed by atoms with Crippen molar-refractivity contribution in [1.29, 1.82) is 0 Å². The smallest absolute Gasteiger partial charge is 0.336 e. The molecule has 33 heavy (non-hydrogen) atoms. The number of ketones is 1. The first-order chi connectivity index (χ1) is 15.8. The van der Waals surface area contributed by atoms with Crippen LogP contribution in [0.25, 0.3) is 0 Å². The Kier molecular flexibility index (Phi) is 8.02. The highest BCUT2D eigenvalue weighted by Crippen LogP contribution is 2.45. The third-order valence-electron chi connectivity index (χ3n) is 5.95. The lowest BCUT2D eigenvalue weighted by atomic mass is 9.69. The third-order valence-corrected chi connectivity index (χ3v) is 5.95. The molecule has 2 aliphatic rings. The quantitative estimate of drug-likeness (QED) is 0.362. The number of allylic oxidation sites excluding steroid dienone is 3. The second-order valence-electron chi connectivity index (χ2n) is 8.34. The summed E-state index contributed by atoms with van der Waals surface area (Å²) in [6.45, 7) is 6.37. The highest BCUT2D eigenvalue weighted by molar-refractivity contribution is 6.12. The van der Waals surface area contributed by atoms with Gasteiger partial charge >= 0.3 is 11.9 Å². The van der Waals surface area contributed by atoms with E-state index in [-0.39, 0.29) is 30.3 Å². The zero-order valence-corrected chi connectivity index (χ0v) is 19.4. The summed E-state index contributed by atoms with van der Waals surface area (Å²) in [5.74, 6) is -4.32. The number of methoxy groups -OCH3 is 1. The van der Waals surface area contributed by atoms with Crippen LogP contribution in [0.3, 0.4) is 0 Å². The molecule has 1 aliphatic carbocycles. The molecule has 1 aromatic carbocycles. The first-order valence-corrected chi connectivity index (χ1v) is 11.1. The third kappa shape index (κ3) is 5.16. The SMILES string of the molecule is CCCOCCOC(=O)C1=C(C)NC2=C(C(=O)[C@H](C(=O)OC)[C@H](C)C2)[C@@H]1c1cccc(F)c1. The molecular formula is C25H30FNO6. The summed E-state index contributed by atoms with van der Waals surface area (Å²) in [4.78, 5) is 39.1. The van der Waals surface area contributed by atoms with E-state index in [9.17, 15) is 18.8 Å². The van der Waals surface area contributed by atoms with Gasteiger partial charge in [-0.25, -0.2) is 9.18 Å². The monoisotopic (exact) mass is 459 g/mol. The number of dihydropyridines is 1. The Bertz CT molecular complexity index is 998. The molecule has 3 rings (SSSR count). The fourth-order valence-electron chi connectivity index (χ4n) is 4.49. The van der Waals surface area contributed by atoms with Crippen LogP contribution in [0.1, 0.15) is 45.1 Å². The molecule has 1 heterocycles. The maximum atomic E-state index is 14.2. The molecule has 1 aromatic rings. The van der Waals surface area contributed by atoms with Gasteiger partial charge in [-0.05, 0) is 43.4 Å². The zero-order chi connectivity index (χ0) is 24.1. The van der Waals surface area contributed by atoms with Crippen molar-refractivity contribution in [2.75, 3.05) is 26.9 Å². The van der Waals surface area contributed by atoms with Gasteiger partial charge in [0.15, 0.2) is 5.78 Å². The summed E-state index contributed by atoms with van der Waals surface area (Å²) >= 11 is 0. The molecule has 0 bridgehead atoms. The lowest BCUT2D eigenvalue weighted by molar-refractivity contribution is -0.151. The van der Waals surface area contributed by atoms with Crippen LogP contribution in [0, 0.1) is 17.7 Å². The van der Waals surface area contributed by atoms with E-state index in [1.54, 1.807) is 19.9 Å². The van der Waals surface area contributed by atoms with E-state index in [1.807, 2.05) is 6.92 Å². The number of hydrogen-bond donors (Lipinski definition) is 1. The number of benzene rings is 1. The molecule has 0 amide bonds. The maximum absolute atomic E-state index is 14.2.